The molecule has 1 heterocycles. The topological polar surface area (TPSA) is 86.8 Å². The Kier molecular flexibility index (Phi) is 4.95. The van der Waals surface area contributed by atoms with E-state index >= 15 is 0 Å². The Hall–Kier alpha value is -2.53. The SMILES string of the molecule is Cc1cc(O)c(O)c(C(=O)N2CCC(c3cccc(CN)c3)CC2)c1. The number of aromatic hydroxyl groups is 2. The van der Waals surface area contributed by atoms with E-state index in [9.17, 15) is 15.0 Å². The zero-order valence-corrected chi connectivity index (χ0v) is 14.4. The molecule has 0 aliphatic carbocycles. The number of nitrogens with two attached hydrogens (primary N) is 1. The fourth-order valence-corrected chi connectivity index (χ4v) is 3.48. The number of phenols is 2. The van der Waals surface area contributed by atoms with Crippen molar-refractivity contribution in [1.82, 2.24) is 4.90 Å². The predicted octanol–water partition coefficient (Wildman–Crippen LogP) is 2.88. The van der Waals surface area contributed by atoms with E-state index in [0.717, 1.165) is 24.0 Å². The molecule has 4 N–H and O–H groups in total. The molecule has 132 valence electrons. The fourth-order valence-electron chi connectivity index (χ4n) is 3.48. The summed E-state index contributed by atoms with van der Waals surface area (Å²) in [4.78, 5) is 14.5. The van der Waals surface area contributed by atoms with Gasteiger partial charge in [-0.15, -0.1) is 0 Å². The van der Waals surface area contributed by atoms with Gasteiger partial charge in [-0.3, -0.25) is 4.79 Å². The minimum Gasteiger partial charge on any atom is -0.504 e. The van der Waals surface area contributed by atoms with Gasteiger partial charge in [-0.25, -0.2) is 0 Å². The number of nitrogens with zero attached hydrogens (tertiary/aromatic N) is 1. The van der Waals surface area contributed by atoms with Crippen LogP contribution in [0, 0.1) is 6.92 Å². The average molecular weight is 340 g/mol. The summed E-state index contributed by atoms with van der Waals surface area (Å²) in [6.45, 7) is 3.57. The molecule has 5 nitrogen and oxygen atoms in total. The number of benzene rings is 2. The lowest BCUT2D eigenvalue weighted by atomic mass is 9.88. The lowest BCUT2D eigenvalue weighted by molar-refractivity contribution is 0.0709. The van der Waals surface area contributed by atoms with Crippen LogP contribution in [0.25, 0.3) is 0 Å². The molecule has 0 radical (unpaired) electrons. The van der Waals surface area contributed by atoms with Gasteiger partial charge in [-0.2, -0.15) is 0 Å². The number of hydrogen-bond donors (Lipinski definition) is 3. The monoisotopic (exact) mass is 340 g/mol. The van der Waals surface area contributed by atoms with Gasteiger partial charge < -0.3 is 20.8 Å². The standard InChI is InChI=1S/C20H24N2O3/c1-13-9-17(19(24)18(23)10-13)20(25)22-7-5-15(6-8-22)16-4-2-3-14(11-16)12-21/h2-4,9-11,15,23-24H,5-8,12,21H2,1H3. The van der Waals surface area contributed by atoms with Gasteiger partial charge in [0.15, 0.2) is 11.5 Å². The number of phenolic OH excluding ortho intramolecular Hbond substituents is 2. The van der Waals surface area contributed by atoms with Crippen LogP contribution in [0.1, 0.15) is 45.8 Å². The molecule has 5 heteroatoms. The van der Waals surface area contributed by atoms with Crippen molar-refractivity contribution in [2.75, 3.05) is 13.1 Å². The van der Waals surface area contributed by atoms with E-state index in [-0.39, 0.29) is 23.0 Å². The van der Waals surface area contributed by atoms with Gasteiger partial charge in [0, 0.05) is 19.6 Å². The highest BCUT2D eigenvalue weighted by atomic mass is 16.3. The normalized spacial score (nSPS) is 15.4. The Balaban J connectivity index is 1.71. The molecule has 2 aromatic carbocycles. The first-order valence-electron chi connectivity index (χ1n) is 8.60. The predicted molar refractivity (Wildman–Crippen MR) is 96.7 cm³/mol. The molecule has 1 saturated heterocycles. The maximum Gasteiger partial charge on any atom is 0.257 e. The summed E-state index contributed by atoms with van der Waals surface area (Å²) in [6.07, 6.45) is 1.75. The molecule has 0 saturated carbocycles. The number of amides is 1. The minimum atomic E-state index is -0.339. The van der Waals surface area contributed by atoms with Crippen molar-refractivity contribution in [3.63, 3.8) is 0 Å². The van der Waals surface area contributed by atoms with Crippen molar-refractivity contribution in [3.8, 4) is 11.5 Å². The first kappa shape index (κ1) is 17.3. The van der Waals surface area contributed by atoms with E-state index in [2.05, 4.69) is 12.1 Å². The van der Waals surface area contributed by atoms with Crippen LogP contribution in [-0.2, 0) is 6.54 Å². The van der Waals surface area contributed by atoms with E-state index in [4.69, 9.17) is 5.73 Å². The molecule has 1 fully saturated rings. The zero-order chi connectivity index (χ0) is 18.0. The molecular formula is C20H24N2O3. The highest BCUT2D eigenvalue weighted by molar-refractivity contribution is 5.98. The summed E-state index contributed by atoms with van der Waals surface area (Å²) in [6, 6.07) is 11.4. The van der Waals surface area contributed by atoms with Crippen LogP contribution in [0.15, 0.2) is 36.4 Å². The van der Waals surface area contributed by atoms with Crippen LogP contribution in [0.4, 0.5) is 0 Å². The fraction of sp³-hybridized carbons (Fsp3) is 0.350. The van der Waals surface area contributed by atoms with Crippen molar-refractivity contribution < 1.29 is 15.0 Å². The maximum atomic E-state index is 12.7. The van der Waals surface area contributed by atoms with Crippen LogP contribution >= 0.6 is 0 Å². The van der Waals surface area contributed by atoms with Crippen molar-refractivity contribution in [3.05, 3.63) is 58.7 Å². The summed E-state index contributed by atoms with van der Waals surface area (Å²) >= 11 is 0. The van der Waals surface area contributed by atoms with E-state index in [1.165, 1.54) is 11.6 Å². The van der Waals surface area contributed by atoms with E-state index in [0.29, 0.717) is 25.6 Å². The second kappa shape index (κ2) is 7.15. The molecule has 0 bridgehead atoms. The highest BCUT2D eigenvalue weighted by Crippen LogP contribution is 2.33. The summed E-state index contributed by atoms with van der Waals surface area (Å²) in [5.41, 5.74) is 9.02. The third kappa shape index (κ3) is 3.61. The summed E-state index contributed by atoms with van der Waals surface area (Å²) < 4.78 is 0. The second-order valence-corrected chi connectivity index (χ2v) is 6.70. The Morgan fingerprint density at radius 3 is 2.60 bits per heavy atom. The summed E-state index contributed by atoms with van der Waals surface area (Å²) in [5.74, 6) is -0.411. The Labute approximate surface area is 147 Å². The van der Waals surface area contributed by atoms with E-state index < -0.39 is 0 Å². The quantitative estimate of drug-likeness (QED) is 0.750. The van der Waals surface area contributed by atoms with Crippen molar-refractivity contribution >= 4 is 5.91 Å². The molecule has 0 aromatic heterocycles. The van der Waals surface area contributed by atoms with Gasteiger partial charge in [0.1, 0.15) is 0 Å². The number of rotatable bonds is 3. The maximum absolute atomic E-state index is 12.7. The Bertz CT molecular complexity index is 781. The first-order chi connectivity index (χ1) is 12.0. The number of carbonyl (C=O) groups excluding carboxylic acids is 1. The van der Waals surface area contributed by atoms with Gasteiger partial charge in [0.05, 0.1) is 5.56 Å². The summed E-state index contributed by atoms with van der Waals surface area (Å²) in [5, 5.41) is 19.7. The molecule has 1 aliphatic heterocycles. The van der Waals surface area contributed by atoms with E-state index in [1.54, 1.807) is 17.9 Å². The third-order valence-electron chi connectivity index (χ3n) is 4.90. The van der Waals surface area contributed by atoms with Crippen LogP contribution in [0.3, 0.4) is 0 Å². The Morgan fingerprint density at radius 2 is 1.92 bits per heavy atom. The van der Waals surface area contributed by atoms with Gasteiger partial charge in [0.25, 0.3) is 5.91 Å². The molecule has 2 aromatic rings. The minimum absolute atomic E-state index is 0.168. The molecule has 25 heavy (non-hydrogen) atoms. The first-order valence-corrected chi connectivity index (χ1v) is 8.60. The zero-order valence-electron chi connectivity index (χ0n) is 14.4. The lowest BCUT2D eigenvalue weighted by Gasteiger charge is -2.32. The molecule has 0 spiro atoms. The highest BCUT2D eigenvalue weighted by Gasteiger charge is 2.27. The van der Waals surface area contributed by atoms with Crippen LogP contribution in [-0.4, -0.2) is 34.1 Å². The lowest BCUT2D eigenvalue weighted by Crippen LogP contribution is -2.38. The molecule has 1 amide bonds. The molecule has 0 unspecified atom stereocenters. The van der Waals surface area contributed by atoms with Gasteiger partial charge in [-0.05, 0) is 54.5 Å². The Morgan fingerprint density at radius 1 is 1.20 bits per heavy atom. The van der Waals surface area contributed by atoms with E-state index in [1.807, 2.05) is 12.1 Å². The third-order valence-corrected chi connectivity index (χ3v) is 4.90. The van der Waals surface area contributed by atoms with Crippen molar-refractivity contribution in [1.29, 1.82) is 0 Å². The molecule has 3 rings (SSSR count). The number of hydrogen-bond acceptors (Lipinski definition) is 4. The molecular weight excluding hydrogens is 316 g/mol. The number of aryl methyl sites for hydroxylation is 1. The van der Waals surface area contributed by atoms with Crippen molar-refractivity contribution in [2.24, 2.45) is 5.73 Å². The summed E-state index contributed by atoms with van der Waals surface area (Å²) in [7, 11) is 0. The number of piperidine rings is 1. The average Bonchev–Trinajstić information content (AvgIpc) is 2.64. The van der Waals surface area contributed by atoms with Gasteiger partial charge in [0.2, 0.25) is 0 Å². The number of likely N-dealkylation sites (tertiary alicyclic amines) is 1. The molecule has 0 atom stereocenters. The largest absolute Gasteiger partial charge is 0.504 e. The van der Waals surface area contributed by atoms with Gasteiger partial charge >= 0.3 is 0 Å². The second-order valence-electron chi connectivity index (χ2n) is 6.70. The van der Waals surface area contributed by atoms with Gasteiger partial charge in [-0.1, -0.05) is 24.3 Å². The smallest absolute Gasteiger partial charge is 0.257 e. The van der Waals surface area contributed by atoms with Crippen molar-refractivity contribution in [2.45, 2.75) is 32.2 Å². The van der Waals surface area contributed by atoms with Crippen LogP contribution < -0.4 is 5.73 Å². The van der Waals surface area contributed by atoms with Crippen LogP contribution in [0.5, 0.6) is 11.5 Å². The molecule has 1 aliphatic rings. The van der Waals surface area contributed by atoms with Crippen LogP contribution in [0.2, 0.25) is 0 Å². The number of carbonyl (C=O) groups is 1.